The Hall–Kier alpha value is -2.44. The van der Waals surface area contributed by atoms with Gasteiger partial charge in [-0.05, 0) is 31.5 Å². The lowest BCUT2D eigenvalue weighted by atomic mass is 9.98. The van der Waals surface area contributed by atoms with E-state index in [0.29, 0.717) is 17.5 Å². The van der Waals surface area contributed by atoms with Gasteiger partial charge in [-0.2, -0.15) is 4.98 Å². The first-order chi connectivity index (χ1) is 12.3. The zero-order valence-corrected chi connectivity index (χ0v) is 14.0. The van der Waals surface area contributed by atoms with Crippen LogP contribution in [0, 0.1) is 0 Å². The van der Waals surface area contributed by atoms with Crippen LogP contribution in [0.5, 0.6) is 0 Å². The van der Waals surface area contributed by atoms with Gasteiger partial charge in [-0.25, -0.2) is 0 Å². The van der Waals surface area contributed by atoms with Crippen LogP contribution in [0.2, 0.25) is 0 Å². The number of aliphatic hydroxyl groups is 1. The van der Waals surface area contributed by atoms with Crippen molar-refractivity contribution in [2.24, 2.45) is 0 Å². The van der Waals surface area contributed by atoms with Crippen molar-refractivity contribution in [1.29, 1.82) is 0 Å². The van der Waals surface area contributed by atoms with Gasteiger partial charge in [-0.15, -0.1) is 0 Å². The normalized spacial score (nSPS) is 18.5. The summed E-state index contributed by atoms with van der Waals surface area (Å²) >= 11 is 0. The molecule has 1 aliphatic rings. The Bertz CT molecular complexity index is 812. The highest BCUT2D eigenvalue weighted by atomic mass is 16.5. The predicted molar refractivity (Wildman–Crippen MR) is 91.6 cm³/mol. The Kier molecular flexibility index (Phi) is 4.63. The number of aliphatic hydroxyl groups excluding tert-OH is 1. The van der Waals surface area contributed by atoms with Crippen LogP contribution in [-0.2, 0) is 13.2 Å². The number of hydrogen-bond donors (Lipinski definition) is 1. The van der Waals surface area contributed by atoms with E-state index in [1.165, 1.54) is 0 Å². The van der Waals surface area contributed by atoms with Gasteiger partial charge in [0, 0.05) is 12.1 Å². The highest BCUT2D eigenvalue weighted by Crippen LogP contribution is 2.28. The van der Waals surface area contributed by atoms with Crippen molar-refractivity contribution >= 4 is 0 Å². The second kappa shape index (κ2) is 7.21. The summed E-state index contributed by atoms with van der Waals surface area (Å²) in [6, 6.07) is 13.6. The quantitative estimate of drug-likeness (QED) is 0.769. The van der Waals surface area contributed by atoms with Crippen LogP contribution in [-0.4, -0.2) is 33.2 Å². The highest BCUT2D eigenvalue weighted by molar-refractivity contribution is 5.53. The van der Waals surface area contributed by atoms with Gasteiger partial charge < -0.3 is 14.0 Å². The topological polar surface area (TPSA) is 75.5 Å². The summed E-state index contributed by atoms with van der Waals surface area (Å²) in [5, 5.41) is 13.2. The van der Waals surface area contributed by atoms with E-state index in [1.54, 1.807) is 0 Å². The average Bonchev–Trinajstić information content (AvgIpc) is 3.32. The number of nitrogens with zero attached hydrogens (tertiary/aromatic N) is 3. The van der Waals surface area contributed by atoms with Crippen molar-refractivity contribution in [3.8, 4) is 11.4 Å². The first-order valence-electron chi connectivity index (χ1n) is 8.61. The number of rotatable bonds is 5. The SMILES string of the molecule is OCc1ccc(CN2CCC[C@H](c3nc(-c4ccccc4)no3)C2)o1. The maximum Gasteiger partial charge on any atom is 0.231 e. The van der Waals surface area contributed by atoms with Crippen molar-refractivity contribution in [2.75, 3.05) is 13.1 Å². The van der Waals surface area contributed by atoms with E-state index in [9.17, 15) is 0 Å². The summed E-state index contributed by atoms with van der Waals surface area (Å²) < 4.78 is 11.1. The van der Waals surface area contributed by atoms with Gasteiger partial charge in [0.15, 0.2) is 0 Å². The van der Waals surface area contributed by atoms with Crippen molar-refractivity contribution in [1.82, 2.24) is 15.0 Å². The number of furan rings is 1. The minimum Gasteiger partial charge on any atom is -0.462 e. The molecule has 3 aromatic rings. The first kappa shape index (κ1) is 16.1. The molecule has 6 nitrogen and oxygen atoms in total. The third-order valence-corrected chi connectivity index (χ3v) is 4.58. The molecule has 0 saturated carbocycles. The Morgan fingerprint density at radius 3 is 2.76 bits per heavy atom. The van der Waals surface area contributed by atoms with Crippen LogP contribution in [0.25, 0.3) is 11.4 Å². The maximum atomic E-state index is 9.11. The van der Waals surface area contributed by atoms with E-state index in [2.05, 4.69) is 15.0 Å². The van der Waals surface area contributed by atoms with Crippen molar-refractivity contribution < 1.29 is 14.0 Å². The van der Waals surface area contributed by atoms with Gasteiger partial charge in [-0.1, -0.05) is 35.5 Å². The van der Waals surface area contributed by atoms with Crippen molar-refractivity contribution in [3.63, 3.8) is 0 Å². The summed E-state index contributed by atoms with van der Waals surface area (Å²) in [6.07, 6.45) is 2.13. The van der Waals surface area contributed by atoms with Gasteiger partial charge in [0.25, 0.3) is 0 Å². The van der Waals surface area contributed by atoms with Gasteiger partial charge in [0.1, 0.15) is 18.1 Å². The van der Waals surface area contributed by atoms with Crippen LogP contribution in [0.1, 0.15) is 36.2 Å². The lowest BCUT2D eigenvalue weighted by molar-refractivity contribution is 0.165. The van der Waals surface area contributed by atoms with E-state index in [1.807, 2.05) is 42.5 Å². The van der Waals surface area contributed by atoms with E-state index in [0.717, 1.165) is 43.8 Å². The van der Waals surface area contributed by atoms with Crippen LogP contribution in [0.4, 0.5) is 0 Å². The monoisotopic (exact) mass is 339 g/mol. The van der Waals surface area contributed by atoms with Crippen LogP contribution >= 0.6 is 0 Å². The molecular formula is C19H21N3O3. The average molecular weight is 339 g/mol. The van der Waals surface area contributed by atoms with Crippen LogP contribution in [0.3, 0.4) is 0 Å². The molecule has 0 radical (unpaired) electrons. The molecule has 1 atom stereocenters. The first-order valence-corrected chi connectivity index (χ1v) is 8.61. The number of benzene rings is 1. The van der Waals surface area contributed by atoms with Gasteiger partial charge in [0.2, 0.25) is 11.7 Å². The van der Waals surface area contributed by atoms with Crippen molar-refractivity contribution in [2.45, 2.75) is 31.9 Å². The molecule has 1 aromatic carbocycles. The van der Waals surface area contributed by atoms with Gasteiger partial charge in [0.05, 0.1) is 12.5 Å². The zero-order chi connectivity index (χ0) is 17.1. The molecule has 1 saturated heterocycles. The number of hydrogen-bond acceptors (Lipinski definition) is 6. The summed E-state index contributed by atoms with van der Waals surface area (Å²) in [5.41, 5.74) is 0.970. The molecular weight excluding hydrogens is 318 g/mol. The lowest BCUT2D eigenvalue weighted by Crippen LogP contribution is -2.33. The molecule has 0 bridgehead atoms. The fourth-order valence-electron chi connectivity index (χ4n) is 3.32. The largest absolute Gasteiger partial charge is 0.462 e. The highest BCUT2D eigenvalue weighted by Gasteiger charge is 2.26. The summed E-state index contributed by atoms with van der Waals surface area (Å²) in [7, 11) is 0. The predicted octanol–water partition coefficient (Wildman–Crippen LogP) is 3.20. The zero-order valence-electron chi connectivity index (χ0n) is 14.0. The molecule has 0 aliphatic carbocycles. The molecule has 1 N–H and O–H groups in total. The number of aromatic nitrogens is 2. The number of likely N-dealkylation sites (tertiary alicyclic amines) is 1. The smallest absolute Gasteiger partial charge is 0.231 e. The Balaban J connectivity index is 1.43. The van der Waals surface area contributed by atoms with Crippen molar-refractivity contribution in [3.05, 3.63) is 59.9 Å². The molecule has 0 spiro atoms. The minimum atomic E-state index is -0.0626. The van der Waals surface area contributed by atoms with Crippen LogP contribution < -0.4 is 0 Å². The molecule has 4 rings (SSSR count). The fraction of sp³-hybridized carbons (Fsp3) is 0.368. The summed E-state index contributed by atoms with van der Waals surface area (Å²) in [5.74, 6) is 3.07. The molecule has 1 aliphatic heterocycles. The molecule has 1 fully saturated rings. The Labute approximate surface area is 146 Å². The third-order valence-electron chi connectivity index (χ3n) is 4.58. The molecule has 0 amide bonds. The molecule has 0 unspecified atom stereocenters. The Morgan fingerprint density at radius 1 is 1.12 bits per heavy atom. The van der Waals surface area contributed by atoms with Crippen LogP contribution in [0.15, 0.2) is 51.4 Å². The van der Waals surface area contributed by atoms with E-state index in [4.69, 9.17) is 14.0 Å². The minimum absolute atomic E-state index is 0.0626. The standard InChI is InChI=1S/C19H21N3O3/c23-13-17-9-8-16(24-17)12-22-10-4-7-15(11-22)19-20-18(21-25-19)14-5-2-1-3-6-14/h1-3,5-6,8-9,15,23H,4,7,10-13H2/t15-/m0/s1. The molecule has 6 heteroatoms. The molecule has 2 aromatic heterocycles. The molecule has 3 heterocycles. The van der Waals surface area contributed by atoms with E-state index >= 15 is 0 Å². The second-order valence-corrected chi connectivity index (χ2v) is 6.42. The lowest BCUT2D eigenvalue weighted by Gasteiger charge is -2.30. The van der Waals surface area contributed by atoms with Gasteiger partial charge >= 0.3 is 0 Å². The number of piperidine rings is 1. The van der Waals surface area contributed by atoms with E-state index in [-0.39, 0.29) is 12.5 Å². The van der Waals surface area contributed by atoms with Gasteiger partial charge in [-0.3, -0.25) is 4.90 Å². The van der Waals surface area contributed by atoms with E-state index < -0.39 is 0 Å². The summed E-state index contributed by atoms with van der Waals surface area (Å²) in [4.78, 5) is 6.94. The fourth-order valence-corrected chi connectivity index (χ4v) is 3.32. The molecule has 25 heavy (non-hydrogen) atoms. The Morgan fingerprint density at radius 2 is 1.96 bits per heavy atom. The third kappa shape index (κ3) is 3.65. The second-order valence-electron chi connectivity index (χ2n) is 6.42. The maximum absolute atomic E-state index is 9.11. The molecule has 130 valence electrons. The summed E-state index contributed by atoms with van der Waals surface area (Å²) in [6.45, 7) is 2.56.